The number of nitrogens with zero attached hydrogens (tertiary/aromatic N) is 3. The summed E-state index contributed by atoms with van der Waals surface area (Å²) in [6.07, 6.45) is 1.38. The third-order valence-electron chi connectivity index (χ3n) is 4.95. The number of aryl methyl sites for hydroxylation is 2. The quantitative estimate of drug-likeness (QED) is 0.688. The molecule has 0 N–H and O–H groups in total. The molecule has 0 aliphatic heterocycles. The largest absolute Gasteiger partial charge is 0.443 e. The van der Waals surface area contributed by atoms with Crippen molar-refractivity contribution >= 4 is 22.7 Å². The van der Waals surface area contributed by atoms with Crippen LogP contribution in [0, 0.1) is 13.8 Å². The fourth-order valence-electron chi connectivity index (χ4n) is 3.16. The van der Waals surface area contributed by atoms with E-state index < -0.39 is 0 Å². The molecule has 1 amide bonds. The van der Waals surface area contributed by atoms with Crippen LogP contribution in [0.15, 0.2) is 39.8 Å². The number of likely N-dealkylation sites (N-methyl/N-ethyl adjacent to an activating group) is 1. The molecule has 3 rings (SSSR count). The van der Waals surface area contributed by atoms with E-state index in [-0.39, 0.29) is 18.0 Å². The third kappa shape index (κ3) is 3.52. The van der Waals surface area contributed by atoms with Gasteiger partial charge < -0.3 is 9.32 Å². The Morgan fingerprint density at radius 3 is 2.48 bits per heavy atom. The van der Waals surface area contributed by atoms with Crippen LogP contribution in [-0.4, -0.2) is 22.0 Å². The van der Waals surface area contributed by atoms with Crippen LogP contribution in [0.5, 0.6) is 0 Å². The summed E-state index contributed by atoms with van der Waals surface area (Å²) in [5, 5.41) is 0.437. The lowest BCUT2D eigenvalue weighted by Gasteiger charge is -2.22. The lowest BCUT2D eigenvalue weighted by Crippen LogP contribution is -2.36. The van der Waals surface area contributed by atoms with E-state index in [2.05, 4.69) is 18.8 Å². The Morgan fingerprint density at radius 1 is 1.22 bits per heavy atom. The molecule has 2 heterocycles. The fourth-order valence-corrected chi connectivity index (χ4v) is 3.16. The van der Waals surface area contributed by atoms with Gasteiger partial charge in [0, 0.05) is 17.8 Å². The molecule has 2 aromatic heterocycles. The highest BCUT2D eigenvalue weighted by Crippen LogP contribution is 2.21. The van der Waals surface area contributed by atoms with E-state index in [9.17, 15) is 9.59 Å². The average Bonchev–Trinajstić information content (AvgIpc) is 2.93. The lowest BCUT2D eigenvalue weighted by atomic mass is 10.0. The van der Waals surface area contributed by atoms with Crippen molar-refractivity contribution in [2.45, 2.75) is 47.1 Å². The van der Waals surface area contributed by atoms with Crippen LogP contribution in [0.2, 0.25) is 0 Å². The first kappa shape index (κ1) is 18.9. The first-order valence-electron chi connectivity index (χ1n) is 9.19. The predicted molar refractivity (Wildman–Crippen MR) is 106 cm³/mol. The van der Waals surface area contributed by atoms with Gasteiger partial charge in [-0.15, -0.1) is 0 Å². The third-order valence-corrected chi connectivity index (χ3v) is 4.95. The van der Waals surface area contributed by atoms with Crippen molar-refractivity contribution in [3.8, 4) is 0 Å². The van der Waals surface area contributed by atoms with Gasteiger partial charge in [0.05, 0.1) is 0 Å². The van der Waals surface area contributed by atoms with E-state index in [1.165, 1.54) is 16.5 Å². The standard InChI is InChI=1S/C21H25N3O3/c1-6-24(17-9-7-16(8-10-17)13(2)3)18(25)11-23-12-22-20-19(21(23)26)14(4)15(5)27-20/h7-10,12-13H,6,11H2,1-5H3. The number of furan rings is 1. The highest BCUT2D eigenvalue weighted by Gasteiger charge is 2.18. The Hall–Kier alpha value is -2.89. The number of anilines is 1. The van der Waals surface area contributed by atoms with Crippen molar-refractivity contribution < 1.29 is 9.21 Å². The van der Waals surface area contributed by atoms with Gasteiger partial charge in [-0.05, 0) is 44.4 Å². The number of aromatic nitrogens is 2. The normalized spacial score (nSPS) is 11.3. The van der Waals surface area contributed by atoms with E-state index >= 15 is 0 Å². The van der Waals surface area contributed by atoms with Crippen LogP contribution in [0.3, 0.4) is 0 Å². The first-order chi connectivity index (χ1) is 12.8. The van der Waals surface area contributed by atoms with Crippen LogP contribution in [0.25, 0.3) is 11.1 Å². The molecule has 0 aliphatic carbocycles. The Bertz CT molecular complexity index is 1030. The number of amides is 1. The minimum atomic E-state index is -0.256. The highest BCUT2D eigenvalue weighted by molar-refractivity contribution is 5.93. The summed E-state index contributed by atoms with van der Waals surface area (Å²) in [7, 11) is 0. The number of fused-ring (bicyclic) bond motifs is 1. The topological polar surface area (TPSA) is 68.3 Å². The van der Waals surface area contributed by atoms with Gasteiger partial charge in [0.25, 0.3) is 5.56 Å². The van der Waals surface area contributed by atoms with E-state index in [1.807, 2.05) is 38.1 Å². The molecule has 142 valence electrons. The van der Waals surface area contributed by atoms with E-state index in [4.69, 9.17) is 4.42 Å². The van der Waals surface area contributed by atoms with Crippen molar-refractivity contribution in [2.24, 2.45) is 0 Å². The molecular formula is C21H25N3O3. The van der Waals surface area contributed by atoms with Gasteiger partial charge >= 0.3 is 0 Å². The van der Waals surface area contributed by atoms with Crippen molar-refractivity contribution in [1.82, 2.24) is 9.55 Å². The smallest absolute Gasteiger partial charge is 0.265 e. The van der Waals surface area contributed by atoms with Crippen molar-refractivity contribution in [3.63, 3.8) is 0 Å². The Morgan fingerprint density at radius 2 is 1.89 bits per heavy atom. The summed E-state index contributed by atoms with van der Waals surface area (Å²) < 4.78 is 6.83. The van der Waals surface area contributed by atoms with Gasteiger partial charge in [0.15, 0.2) is 0 Å². The molecule has 3 aromatic rings. The van der Waals surface area contributed by atoms with E-state index in [1.54, 1.807) is 11.8 Å². The SMILES string of the molecule is CCN(C(=O)Cn1cnc2oc(C)c(C)c2c1=O)c1ccc(C(C)C)cc1. The molecule has 0 unspecified atom stereocenters. The first-order valence-corrected chi connectivity index (χ1v) is 9.19. The minimum Gasteiger partial charge on any atom is -0.443 e. The zero-order valence-corrected chi connectivity index (χ0v) is 16.4. The maximum Gasteiger partial charge on any atom is 0.265 e. The zero-order chi connectivity index (χ0) is 19.7. The van der Waals surface area contributed by atoms with Crippen molar-refractivity contribution in [1.29, 1.82) is 0 Å². The number of hydrogen-bond donors (Lipinski definition) is 0. The second-order valence-corrected chi connectivity index (χ2v) is 7.03. The summed E-state index contributed by atoms with van der Waals surface area (Å²) >= 11 is 0. The molecule has 0 bridgehead atoms. The fraction of sp³-hybridized carbons (Fsp3) is 0.381. The number of hydrogen-bond acceptors (Lipinski definition) is 4. The maximum absolute atomic E-state index is 12.9. The Kier molecular flexibility index (Phi) is 5.17. The monoisotopic (exact) mass is 367 g/mol. The highest BCUT2D eigenvalue weighted by atomic mass is 16.3. The summed E-state index contributed by atoms with van der Waals surface area (Å²) in [5.74, 6) is 0.942. The minimum absolute atomic E-state index is 0.0643. The molecule has 6 heteroatoms. The van der Waals surface area contributed by atoms with Crippen LogP contribution in [-0.2, 0) is 11.3 Å². The zero-order valence-electron chi connectivity index (χ0n) is 16.4. The van der Waals surface area contributed by atoms with Gasteiger partial charge in [-0.3, -0.25) is 14.2 Å². The maximum atomic E-state index is 12.9. The molecule has 0 saturated heterocycles. The van der Waals surface area contributed by atoms with Gasteiger partial charge in [0.1, 0.15) is 24.0 Å². The molecule has 0 spiro atoms. The summed E-state index contributed by atoms with van der Waals surface area (Å²) in [6, 6.07) is 7.97. The van der Waals surface area contributed by atoms with Gasteiger partial charge in [-0.2, -0.15) is 0 Å². The summed E-state index contributed by atoms with van der Waals surface area (Å²) in [6.45, 7) is 10.3. The Balaban J connectivity index is 1.89. The number of carbonyl (C=O) groups is 1. The summed E-state index contributed by atoms with van der Waals surface area (Å²) in [5.41, 5.74) is 2.87. The molecule has 0 radical (unpaired) electrons. The second kappa shape index (κ2) is 7.39. The number of carbonyl (C=O) groups excluding carboxylic acids is 1. The van der Waals surface area contributed by atoms with Crippen LogP contribution in [0.4, 0.5) is 5.69 Å². The number of rotatable bonds is 5. The average molecular weight is 367 g/mol. The van der Waals surface area contributed by atoms with E-state index in [0.29, 0.717) is 29.3 Å². The van der Waals surface area contributed by atoms with Crippen LogP contribution in [0.1, 0.15) is 43.6 Å². The van der Waals surface area contributed by atoms with E-state index in [0.717, 1.165) is 11.3 Å². The molecular weight excluding hydrogens is 342 g/mol. The van der Waals surface area contributed by atoms with Crippen LogP contribution >= 0.6 is 0 Å². The molecule has 27 heavy (non-hydrogen) atoms. The number of benzene rings is 1. The van der Waals surface area contributed by atoms with Gasteiger partial charge in [-0.1, -0.05) is 26.0 Å². The molecule has 0 aliphatic rings. The molecule has 6 nitrogen and oxygen atoms in total. The second-order valence-electron chi connectivity index (χ2n) is 7.03. The Labute approximate surface area is 158 Å². The molecule has 0 fully saturated rings. The summed E-state index contributed by atoms with van der Waals surface area (Å²) in [4.78, 5) is 31.5. The lowest BCUT2D eigenvalue weighted by molar-refractivity contribution is -0.119. The van der Waals surface area contributed by atoms with Gasteiger partial charge in [0.2, 0.25) is 11.6 Å². The van der Waals surface area contributed by atoms with Gasteiger partial charge in [-0.25, -0.2) is 4.98 Å². The predicted octanol–water partition coefficient (Wildman–Crippen LogP) is 3.78. The molecule has 0 saturated carbocycles. The van der Waals surface area contributed by atoms with Crippen LogP contribution < -0.4 is 10.5 Å². The van der Waals surface area contributed by atoms with Crippen molar-refractivity contribution in [3.05, 3.63) is 57.8 Å². The molecule has 0 atom stereocenters. The molecule has 1 aromatic carbocycles. The van der Waals surface area contributed by atoms with Crippen molar-refractivity contribution in [2.75, 3.05) is 11.4 Å².